The molecule has 0 N–H and O–H groups in total. The lowest BCUT2D eigenvalue weighted by atomic mass is 9.93. The molecule has 0 amide bonds. The predicted octanol–water partition coefficient (Wildman–Crippen LogP) is 14.3. The minimum Gasteiger partial charge on any atom is -0.455 e. The monoisotopic (exact) mass is 741 g/mol. The highest BCUT2D eigenvalue weighted by Gasteiger charge is 2.19. The van der Waals surface area contributed by atoms with Gasteiger partial charge in [0.1, 0.15) is 22.3 Å². The van der Waals surface area contributed by atoms with Crippen molar-refractivity contribution in [1.29, 1.82) is 0 Å². The molecule has 0 fully saturated rings. The van der Waals surface area contributed by atoms with Gasteiger partial charge in [0.15, 0.2) is 17.5 Å². The second-order valence-corrected chi connectivity index (χ2v) is 14.7. The van der Waals surface area contributed by atoms with Gasteiger partial charge in [-0.3, -0.25) is 0 Å². The van der Waals surface area contributed by atoms with Crippen LogP contribution in [0.25, 0.3) is 122 Å². The maximum atomic E-state index is 6.51. The summed E-state index contributed by atoms with van der Waals surface area (Å²) in [6.07, 6.45) is 0. The number of aromatic nitrogens is 3. The van der Waals surface area contributed by atoms with E-state index in [-0.39, 0.29) is 0 Å². The zero-order chi connectivity index (χ0) is 38.2. The van der Waals surface area contributed by atoms with Gasteiger partial charge in [0.05, 0.1) is 5.56 Å². The number of benzene rings is 9. The fourth-order valence-electron chi connectivity index (χ4n) is 8.60. The molecule has 3 aromatic heterocycles. The summed E-state index contributed by atoms with van der Waals surface area (Å²) in [5, 5.41) is 9.11. The van der Waals surface area contributed by atoms with Gasteiger partial charge in [0, 0.05) is 38.2 Å². The molecule has 12 aromatic rings. The normalized spacial score (nSPS) is 11.8. The lowest BCUT2D eigenvalue weighted by Gasteiger charge is -2.13. The van der Waals surface area contributed by atoms with Crippen molar-refractivity contribution >= 4 is 65.4 Å². The van der Waals surface area contributed by atoms with Gasteiger partial charge in [0.2, 0.25) is 0 Å². The van der Waals surface area contributed by atoms with Crippen molar-refractivity contribution in [1.82, 2.24) is 15.0 Å². The summed E-state index contributed by atoms with van der Waals surface area (Å²) in [5.41, 5.74) is 10.1. The van der Waals surface area contributed by atoms with Gasteiger partial charge in [-0.2, -0.15) is 0 Å². The van der Waals surface area contributed by atoms with E-state index in [1.807, 2.05) is 48.5 Å². The summed E-state index contributed by atoms with van der Waals surface area (Å²) in [7, 11) is 0. The van der Waals surface area contributed by atoms with Gasteiger partial charge in [-0.15, -0.1) is 0 Å². The Morgan fingerprint density at radius 2 is 0.741 bits per heavy atom. The highest BCUT2D eigenvalue weighted by molar-refractivity contribution is 6.15. The van der Waals surface area contributed by atoms with Crippen molar-refractivity contribution in [2.24, 2.45) is 0 Å². The number of rotatable bonds is 5. The molecule has 0 atom stereocenters. The Labute approximate surface area is 332 Å². The first kappa shape index (κ1) is 32.4. The minimum atomic E-state index is 0.538. The quantitative estimate of drug-likeness (QED) is 0.164. The molecule has 9 aromatic carbocycles. The molecule has 5 heteroatoms. The van der Waals surface area contributed by atoms with Crippen LogP contribution >= 0.6 is 0 Å². The fraction of sp³-hybridized carbons (Fsp3) is 0. The Balaban J connectivity index is 1.06. The van der Waals surface area contributed by atoms with Crippen molar-refractivity contribution in [3.63, 3.8) is 0 Å². The second kappa shape index (κ2) is 12.8. The Hall–Kier alpha value is -7.89. The molecule has 0 unspecified atom stereocenters. The van der Waals surface area contributed by atoms with Crippen LogP contribution in [-0.2, 0) is 0 Å². The highest BCUT2D eigenvalue weighted by Crippen LogP contribution is 2.40. The lowest BCUT2D eigenvalue weighted by Crippen LogP contribution is -2.00. The highest BCUT2D eigenvalue weighted by atomic mass is 16.3. The van der Waals surface area contributed by atoms with Crippen molar-refractivity contribution in [3.8, 4) is 56.4 Å². The molecule has 0 aliphatic rings. The van der Waals surface area contributed by atoms with Gasteiger partial charge in [-0.05, 0) is 68.6 Å². The molecule has 0 saturated heterocycles. The van der Waals surface area contributed by atoms with Crippen molar-refractivity contribution in [2.45, 2.75) is 0 Å². The van der Waals surface area contributed by atoms with Crippen molar-refractivity contribution < 1.29 is 8.83 Å². The molecule has 0 aliphatic carbocycles. The zero-order valence-electron chi connectivity index (χ0n) is 31.1. The van der Waals surface area contributed by atoms with Crippen LogP contribution in [0.1, 0.15) is 0 Å². The van der Waals surface area contributed by atoms with Crippen molar-refractivity contribution in [3.05, 3.63) is 188 Å². The molecule has 0 radical (unpaired) electrons. The SMILES string of the molecule is c1cc(-c2nc(-c3cccc(-c4cccc5ccc6ccccc6c45)c3)nc(-c3cccc4c3oc3ccccc34)n2)cc(-c2cccc3c2oc2ccccc23)c1. The van der Waals surface area contributed by atoms with E-state index in [4.69, 9.17) is 23.8 Å². The average molecular weight is 742 g/mol. The Morgan fingerprint density at radius 3 is 1.43 bits per heavy atom. The van der Waals surface area contributed by atoms with Gasteiger partial charge < -0.3 is 8.83 Å². The lowest BCUT2D eigenvalue weighted by molar-refractivity contribution is 0.669. The van der Waals surface area contributed by atoms with Crippen LogP contribution in [0.15, 0.2) is 197 Å². The standard InChI is InChI=1S/C53H31N3O2/c1-2-18-38-32(12-1)28-29-33-13-9-21-39(48(33)38)34-14-7-16-36(30-34)51-54-52(56-53(55-51)45-25-11-24-44-42-20-4-6-27-47(42)58-50(44)45)37-17-8-15-35(31-37)40-22-10-23-43-41-19-3-5-26-46(41)57-49(40)43/h1-31H. The van der Waals surface area contributed by atoms with Gasteiger partial charge in [0.25, 0.3) is 0 Å². The molecular weight excluding hydrogens is 711 g/mol. The van der Waals surface area contributed by atoms with E-state index in [1.54, 1.807) is 0 Å². The summed E-state index contributed by atoms with van der Waals surface area (Å²) in [4.78, 5) is 15.6. The third-order valence-corrected chi connectivity index (χ3v) is 11.3. The average Bonchev–Trinajstić information content (AvgIpc) is 3.87. The summed E-state index contributed by atoms with van der Waals surface area (Å²) in [5.74, 6) is 1.68. The Morgan fingerprint density at radius 1 is 0.293 bits per heavy atom. The van der Waals surface area contributed by atoms with Crippen molar-refractivity contribution in [2.75, 3.05) is 0 Å². The molecule has 270 valence electrons. The van der Waals surface area contributed by atoms with E-state index < -0.39 is 0 Å². The van der Waals surface area contributed by atoms with Gasteiger partial charge in [-0.1, -0.05) is 158 Å². The van der Waals surface area contributed by atoms with Crippen LogP contribution in [-0.4, -0.2) is 15.0 Å². The Kier molecular flexibility index (Phi) is 7.16. The molecule has 5 nitrogen and oxygen atoms in total. The molecule has 12 rings (SSSR count). The molecule has 0 spiro atoms. The van der Waals surface area contributed by atoms with E-state index in [0.717, 1.165) is 82.8 Å². The maximum Gasteiger partial charge on any atom is 0.167 e. The first-order valence-electron chi connectivity index (χ1n) is 19.4. The maximum absolute atomic E-state index is 6.51. The predicted molar refractivity (Wildman–Crippen MR) is 237 cm³/mol. The topological polar surface area (TPSA) is 65.0 Å². The Bertz CT molecular complexity index is 3600. The number of fused-ring (bicyclic) bond motifs is 9. The largest absolute Gasteiger partial charge is 0.455 e. The number of hydrogen-bond donors (Lipinski definition) is 0. The zero-order valence-corrected chi connectivity index (χ0v) is 31.1. The van der Waals surface area contributed by atoms with Crippen LogP contribution in [0.3, 0.4) is 0 Å². The molecule has 3 heterocycles. The fourth-order valence-corrected chi connectivity index (χ4v) is 8.60. The molecule has 58 heavy (non-hydrogen) atoms. The van der Waals surface area contributed by atoms with E-state index in [2.05, 4.69) is 140 Å². The molecule has 0 saturated carbocycles. The molecular formula is C53H31N3O2. The molecule has 0 bridgehead atoms. The number of nitrogens with zero attached hydrogens (tertiary/aromatic N) is 3. The summed E-state index contributed by atoms with van der Waals surface area (Å²) >= 11 is 0. The first-order chi connectivity index (χ1) is 28.7. The van der Waals surface area contributed by atoms with Crippen LogP contribution in [0.2, 0.25) is 0 Å². The number of hydrogen-bond acceptors (Lipinski definition) is 5. The van der Waals surface area contributed by atoms with E-state index in [9.17, 15) is 0 Å². The third kappa shape index (κ3) is 5.14. The van der Waals surface area contributed by atoms with Gasteiger partial charge >= 0.3 is 0 Å². The summed E-state index contributed by atoms with van der Waals surface area (Å²) < 4.78 is 13.0. The van der Waals surface area contributed by atoms with Crippen LogP contribution in [0, 0.1) is 0 Å². The minimum absolute atomic E-state index is 0.538. The summed E-state index contributed by atoms with van der Waals surface area (Å²) in [6, 6.07) is 65.2. The third-order valence-electron chi connectivity index (χ3n) is 11.3. The smallest absolute Gasteiger partial charge is 0.167 e. The first-order valence-corrected chi connectivity index (χ1v) is 19.4. The number of furan rings is 2. The van der Waals surface area contributed by atoms with Gasteiger partial charge in [-0.25, -0.2) is 15.0 Å². The van der Waals surface area contributed by atoms with Crippen LogP contribution in [0.5, 0.6) is 0 Å². The van der Waals surface area contributed by atoms with Crippen LogP contribution < -0.4 is 0 Å². The second-order valence-electron chi connectivity index (χ2n) is 14.7. The molecule has 0 aliphatic heterocycles. The van der Waals surface area contributed by atoms with E-state index >= 15 is 0 Å². The van der Waals surface area contributed by atoms with E-state index in [1.165, 1.54) is 21.5 Å². The number of para-hydroxylation sites is 4. The summed E-state index contributed by atoms with van der Waals surface area (Å²) in [6.45, 7) is 0. The van der Waals surface area contributed by atoms with E-state index in [0.29, 0.717) is 17.5 Å². The van der Waals surface area contributed by atoms with Crippen LogP contribution in [0.4, 0.5) is 0 Å².